The van der Waals surface area contributed by atoms with Crippen molar-refractivity contribution in [3.63, 3.8) is 0 Å². The first-order valence-electron chi connectivity index (χ1n) is 14.7. The Bertz CT molecular complexity index is 2050. The number of carbonyl (C=O) groups is 1. The van der Waals surface area contributed by atoms with E-state index in [1.54, 1.807) is 18.2 Å². The number of halogens is 4. The average molecular weight is 717 g/mol. The van der Waals surface area contributed by atoms with Crippen molar-refractivity contribution in [2.45, 2.75) is 18.1 Å². The molecule has 0 unspecified atom stereocenters. The molecule has 1 amide bonds. The van der Waals surface area contributed by atoms with Crippen LogP contribution in [0.1, 0.15) is 16.1 Å². The lowest BCUT2D eigenvalue weighted by molar-refractivity contribution is -0.0498. The third kappa shape index (κ3) is 7.65. The molecule has 3 aromatic carbocycles. The number of sulfonamides is 1. The van der Waals surface area contributed by atoms with Gasteiger partial charge in [0.25, 0.3) is 15.9 Å². The number of carbonyl (C=O) groups excluding carboxylic acids is 1. The molecule has 48 heavy (non-hydrogen) atoms. The molecule has 10 nitrogen and oxygen atoms in total. The van der Waals surface area contributed by atoms with Crippen molar-refractivity contribution in [3.05, 3.63) is 106 Å². The Balaban J connectivity index is 1.06. The summed E-state index contributed by atoms with van der Waals surface area (Å²) in [5.74, 6) is 0.772. The van der Waals surface area contributed by atoms with Crippen LogP contribution < -0.4 is 14.2 Å². The first kappa shape index (κ1) is 33.5. The zero-order chi connectivity index (χ0) is 34.0. The van der Waals surface area contributed by atoms with Gasteiger partial charge in [-0.2, -0.15) is 8.78 Å². The first-order chi connectivity index (χ1) is 22.9. The standard InChI is InChI=1S/C33H29Cl2F2N5O5S/c1-40-29-17-25(46-31-11-5-23(19-38-31)39-48(44,45)26-9-10-27(34)28(35)18-26)8-4-22(29)16-30(40)32(43)42-14-12-41(13-15-42)20-21-2-6-24(7-3-21)47-33(36)37/h2-11,16-19,33,39H,12-15,20H2,1H3. The molecule has 0 atom stereocenters. The Morgan fingerprint density at radius 3 is 2.31 bits per heavy atom. The molecule has 2 aromatic heterocycles. The molecule has 15 heteroatoms. The highest BCUT2D eigenvalue weighted by molar-refractivity contribution is 7.92. The SMILES string of the molecule is Cn1c(C(=O)N2CCN(Cc3ccc(OC(F)F)cc3)CC2)cc2ccc(Oc3ccc(NS(=O)(=O)c4ccc(Cl)c(Cl)c4)cn3)cc21. The summed E-state index contributed by atoms with van der Waals surface area (Å²) in [5.41, 5.74) is 2.53. The van der Waals surface area contributed by atoms with E-state index in [0.29, 0.717) is 44.2 Å². The van der Waals surface area contributed by atoms with Crippen LogP contribution in [0.5, 0.6) is 17.4 Å². The van der Waals surface area contributed by atoms with Crippen molar-refractivity contribution >= 4 is 55.7 Å². The number of nitrogens with zero attached hydrogens (tertiary/aromatic N) is 4. The van der Waals surface area contributed by atoms with Crippen LogP contribution in [-0.4, -0.2) is 66.5 Å². The average Bonchev–Trinajstić information content (AvgIpc) is 3.39. The second kappa shape index (κ2) is 14.0. The number of amides is 1. The van der Waals surface area contributed by atoms with Crippen molar-refractivity contribution in [2.75, 3.05) is 30.9 Å². The molecular weight excluding hydrogens is 687 g/mol. The lowest BCUT2D eigenvalue weighted by Crippen LogP contribution is -2.48. The summed E-state index contributed by atoms with van der Waals surface area (Å²) >= 11 is 11.9. The second-order valence-electron chi connectivity index (χ2n) is 11.1. The van der Waals surface area contributed by atoms with E-state index in [1.165, 1.54) is 48.7 Å². The molecule has 1 N–H and O–H groups in total. The molecule has 0 bridgehead atoms. The Kier molecular flexibility index (Phi) is 9.74. The molecule has 0 aliphatic carbocycles. The monoisotopic (exact) mass is 715 g/mol. The number of rotatable bonds is 10. The summed E-state index contributed by atoms with van der Waals surface area (Å²) in [7, 11) is -2.10. The molecule has 1 aliphatic heterocycles. The molecule has 3 heterocycles. The van der Waals surface area contributed by atoms with Crippen LogP contribution in [-0.2, 0) is 23.6 Å². The molecule has 0 radical (unpaired) electrons. The van der Waals surface area contributed by atoms with Crippen LogP contribution in [0.4, 0.5) is 14.5 Å². The molecule has 6 rings (SSSR count). The highest BCUT2D eigenvalue weighted by Crippen LogP contribution is 2.29. The Morgan fingerprint density at radius 1 is 0.917 bits per heavy atom. The lowest BCUT2D eigenvalue weighted by Gasteiger charge is -2.34. The minimum absolute atomic E-state index is 0.0427. The third-order valence-corrected chi connectivity index (χ3v) is 9.98. The van der Waals surface area contributed by atoms with Gasteiger partial charge in [0.1, 0.15) is 17.2 Å². The molecule has 250 valence electrons. The predicted octanol–water partition coefficient (Wildman–Crippen LogP) is 7.03. The molecule has 5 aromatic rings. The third-order valence-electron chi connectivity index (χ3n) is 7.86. The molecule has 1 saturated heterocycles. The fraction of sp³-hybridized carbons (Fsp3) is 0.212. The largest absolute Gasteiger partial charge is 0.439 e. The van der Waals surface area contributed by atoms with Crippen molar-refractivity contribution in [1.29, 1.82) is 0 Å². The fourth-order valence-electron chi connectivity index (χ4n) is 5.36. The molecule has 1 aliphatic rings. The van der Waals surface area contributed by atoms with Gasteiger partial charge in [-0.05, 0) is 60.2 Å². The Morgan fingerprint density at radius 2 is 1.65 bits per heavy atom. The van der Waals surface area contributed by atoms with Crippen molar-refractivity contribution in [2.24, 2.45) is 7.05 Å². The van der Waals surface area contributed by atoms with Gasteiger partial charge in [-0.25, -0.2) is 13.4 Å². The predicted molar refractivity (Wildman–Crippen MR) is 179 cm³/mol. The van der Waals surface area contributed by atoms with E-state index in [9.17, 15) is 22.0 Å². The van der Waals surface area contributed by atoms with Crippen molar-refractivity contribution in [3.8, 4) is 17.4 Å². The number of aromatic nitrogens is 2. The van der Waals surface area contributed by atoms with Gasteiger partial charge < -0.3 is 18.9 Å². The smallest absolute Gasteiger partial charge is 0.387 e. The van der Waals surface area contributed by atoms with Gasteiger partial charge in [0.2, 0.25) is 5.88 Å². The van der Waals surface area contributed by atoms with Crippen LogP contribution in [0.3, 0.4) is 0 Å². The lowest BCUT2D eigenvalue weighted by atomic mass is 10.2. The maximum atomic E-state index is 13.5. The van der Waals surface area contributed by atoms with E-state index in [0.717, 1.165) is 16.5 Å². The van der Waals surface area contributed by atoms with Crippen LogP contribution in [0.2, 0.25) is 10.0 Å². The van der Waals surface area contributed by atoms with E-state index < -0.39 is 16.6 Å². The first-order valence-corrected chi connectivity index (χ1v) is 17.0. The number of pyridine rings is 1. The van der Waals surface area contributed by atoms with E-state index >= 15 is 0 Å². The van der Waals surface area contributed by atoms with Gasteiger partial charge >= 0.3 is 6.61 Å². The Labute approximate surface area is 285 Å². The number of hydrogen-bond donors (Lipinski definition) is 1. The van der Waals surface area contributed by atoms with Crippen molar-refractivity contribution < 1.29 is 31.5 Å². The number of ether oxygens (including phenoxy) is 2. The van der Waals surface area contributed by atoms with E-state index in [4.69, 9.17) is 27.9 Å². The summed E-state index contributed by atoms with van der Waals surface area (Å²) in [6, 6.07) is 20.9. The van der Waals surface area contributed by atoms with Crippen LogP contribution in [0.15, 0.2) is 90.0 Å². The summed E-state index contributed by atoms with van der Waals surface area (Å²) in [5, 5.41) is 1.23. The fourth-order valence-corrected chi connectivity index (χ4v) is 6.80. The van der Waals surface area contributed by atoms with E-state index in [2.05, 4.69) is 19.3 Å². The zero-order valence-electron chi connectivity index (χ0n) is 25.4. The molecule has 0 saturated carbocycles. The van der Waals surface area contributed by atoms with Crippen LogP contribution in [0, 0.1) is 0 Å². The van der Waals surface area contributed by atoms with Gasteiger partial charge in [-0.3, -0.25) is 14.4 Å². The minimum atomic E-state index is -3.92. The number of benzene rings is 3. The molecule has 1 fully saturated rings. The zero-order valence-corrected chi connectivity index (χ0v) is 27.8. The summed E-state index contributed by atoms with van der Waals surface area (Å²) in [6.07, 6.45) is 1.34. The van der Waals surface area contributed by atoms with Crippen molar-refractivity contribution in [1.82, 2.24) is 19.4 Å². The molecule has 0 spiro atoms. The summed E-state index contributed by atoms with van der Waals surface area (Å²) < 4.78 is 64.9. The van der Waals surface area contributed by atoms with E-state index in [1.807, 2.05) is 34.7 Å². The second-order valence-corrected chi connectivity index (χ2v) is 13.6. The van der Waals surface area contributed by atoms with Crippen LogP contribution >= 0.6 is 23.2 Å². The van der Waals surface area contributed by atoms with Crippen LogP contribution in [0.25, 0.3) is 10.9 Å². The normalized spacial score (nSPS) is 14.0. The van der Waals surface area contributed by atoms with E-state index in [-0.39, 0.29) is 38.2 Å². The number of piperazine rings is 1. The number of alkyl halides is 2. The summed E-state index contributed by atoms with van der Waals surface area (Å²) in [4.78, 5) is 21.7. The maximum Gasteiger partial charge on any atom is 0.387 e. The highest BCUT2D eigenvalue weighted by Gasteiger charge is 2.25. The van der Waals surface area contributed by atoms with Gasteiger partial charge in [-0.1, -0.05) is 35.3 Å². The topological polar surface area (TPSA) is 106 Å². The number of nitrogens with one attached hydrogen (secondary N) is 1. The van der Waals surface area contributed by atoms with Gasteiger partial charge in [0, 0.05) is 57.3 Å². The van der Waals surface area contributed by atoms with Gasteiger partial charge in [0.15, 0.2) is 0 Å². The molecular formula is C33H29Cl2F2N5O5S. The quantitative estimate of drug-likeness (QED) is 0.166. The number of hydrogen-bond acceptors (Lipinski definition) is 7. The summed E-state index contributed by atoms with van der Waals surface area (Å²) in [6.45, 7) is 0.221. The van der Waals surface area contributed by atoms with Gasteiger partial charge in [-0.15, -0.1) is 0 Å². The minimum Gasteiger partial charge on any atom is -0.439 e. The Hall–Kier alpha value is -4.43. The number of anilines is 1. The number of fused-ring (bicyclic) bond motifs is 1. The maximum absolute atomic E-state index is 13.5. The number of aryl methyl sites for hydroxylation is 1. The highest BCUT2D eigenvalue weighted by atomic mass is 35.5. The van der Waals surface area contributed by atoms with Gasteiger partial charge in [0.05, 0.1) is 32.3 Å².